The molecule has 1 heterocycles. The van der Waals surface area contributed by atoms with Crippen molar-refractivity contribution in [3.8, 4) is 11.5 Å². The van der Waals surface area contributed by atoms with Crippen LogP contribution in [-0.2, 0) is 14.9 Å². The lowest BCUT2D eigenvalue weighted by Gasteiger charge is -2.42. The van der Waals surface area contributed by atoms with Crippen LogP contribution in [-0.4, -0.2) is 39.8 Å². The Morgan fingerprint density at radius 2 is 1.90 bits per heavy atom. The zero-order valence-electron chi connectivity index (χ0n) is 11.1. The normalized spacial score (nSPS) is 36.9. The number of fused-ring (bicyclic) bond motifs is 1. The molecule has 1 saturated heterocycles. The number of hydrogen-bond donors (Lipinski definition) is 3. The first-order chi connectivity index (χ1) is 9.94. The molecule has 0 aromatic heterocycles. The molecule has 21 heavy (non-hydrogen) atoms. The number of rotatable bonds is 0. The predicted octanol–water partition coefficient (Wildman–Crippen LogP) is 0.620. The van der Waals surface area contributed by atoms with Gasteiger partial charge in [0.2, 0.25) is 0 Å². The Balaban J connectivity index is 2.13. The van der Waals surface area contributed by atoms with Gasteiger partial charge in [-0.15, -0.1) is 0 Å². The molecule has 0 unspecified atom stereocenters. The van der Waals surface area contributed by atoms with Crippen molar-refractivity contribution >= 4 is 11.8 Å². The number of cyclic esters (lactones) is 1. The van der Waals surface area contributed by atoms with Gasteiger partial charge in [-0.25, -0.2) is 0 Å². The maximum atomic E-state index is 12.4. The molecular weight excluding hydrogens is 276 g/mol. The predicted molar refractivity (Wildman–Crippen MR) is 69.0 cm³/mol. The summed E-state index contributed by atoms with van der Waals surface area (Å²) in [6, 6.07) is 2.52. The summed E-state index contributed by atoms with van der Waals surface area (Å²) in [6.07, 6.45) is -0.305. The summed E-state index contributed by atoms with van der Waals surface area (Å²) in [6.45, 7) is -0.0791. The highest BCUT2D eigenvalue weighted by Gasteiger charge is 2.73. The Bertz CT molecular complexity index is 696. The van der Waals surface area contributed by atoms with Crippen LogP contribution in [0.2, 0.25) is 0 Å². The molecule has 2 fully saturated rings. The number of hydrogen-bond acceptors (Lipinski definition) is 6. The Morgan fingerprint density at radius 3 is 2.67 bits per heavy atom. The van der Waals surface area contributed by atoms with Gasteiger partial charge in [0.25, 0.3) is 0 Å². The van der Waals surface area contributed by atoms with Gasteiger partial charge in [-0.2, -0.15) is 0 Å². The Morgan fingerprint density at radius 1 is 1.19 bits per heavy atom. The summed E-state index contributed by atoms with van der Waals surface area (Å²) in [7, 11) is 0. The molecule has 0 amide bonds. The van der Waals surface area contributed by atoms with Crippen molar-refractivity contribution in [2.24, 2.45) is 5.41 Å². The maximum absolute atomic E-state index is 12.4. The Labute approximate surface area is 120 Å². The van der Waals surface area contributed by atoms with E-state index < -0.39 is 28.7 Å². The molecule has 1 aromatic rings. The molecule has 0 spiro atoms. The van der Waals surface area contributed by atoms with Crippen LogP contribution in [0.1, 0.15) is 35.2 Å². The average Bonchev–Trinajstić information content (AvgIpc) is 2.90. The molecule has 3 aliphatic rings. The largest absolute Gasteiger partial charge is 0.508 e. The van der Waals surface area contributed by atoms with Crippen molar-refractivity contribution in [2.75, 3.05) is 6.61 Å². The molecule has 1 saturated carbocycles. The first-order valence-corrected chi connectivity index (χ1v) is 6.88. The quantitative estimate of drug-likeness (QED) is 0.478. The molecule has 6 nitrogen and oxygen atoms in total. The number of esters is 1. The zero-order valence-corrected chi connectivity index (χ0v) is 11.1. The molecule has 6 heteroatoms. The van der Waals surface area contributed by atoms with E-state index in [0.717, 1.165) is 0 Å². The average molecular weight is 290 g/mol. The number of ether oxygens (including phenoxy) is 1. The number of Topliss-reactive ketones (excluding diaryl/α,β-unsaturated/α-hetero) is 1. The van der Waals surface area contributed by atoms with E-state index >= 15 is 0 Å². The number of aliphatic hydroxyl groups is 1. The van der Waals surface area contributed by atoms with Crippen LogP contribution in [0, 0.1) is 5.41 Å². The molecule has 2 aliphatic carbocycles. The highest BCUT2D eigenvalue weighted by Crippen LogP contribution is 2.65. The molecule has 4 rings (SSSR count). The number of benzene rings is 1. The van der Waals surface area contributed by atoms with E-state index in [9.17, 15) is 24.9 Å². The van der Waals surface area contributed by atoms with Gasteiger partial charge in [-0.3, -0.25) is 9.59 Å². The van der Waals surface area contributed by atoms with Gasteiger partial charge in [0.1, 0.15) is 18.1 Å². The first kappa shape index (κ1) is 12.6. The summed E-state index contributed by atoms with van der Waals surface area (Å²) >= 11 is 0. The summed E-state index contributed by atoms with van der Waals surface area (Å²) in [4.78, 5) is 24.7. The van der Waals surface area contributed by atoms with Crippen LogP contribution < -0.4 is 0 Å². The van der Waals surface area contributed by atoms with E-state index in [-0.39, 0.29) is 35.7 Å². The summed E-state index contributed by atoms with van der Waals surface area (Å²) in [5.74, 6) is -1.34. The van der Waals surface area contributed by atoms with E-state index in [0.29, 0.717) is 12.8 Å². The van der Waals surface area contributed by atoms with Crippen molar-refractivity contribution in [1.82, 2.24) is 0 Å². The maximum Gasteiger partial charge on any atom is 0.313 e. The van der Waals surface area contributed by atoms with Crippen LogP contribution in [0.4, 0.5) is 0 Å². The second-order valence-electron chi connectivity index (χ2n) is 6.14. The van der Waals surface area contributed by atoms with Gasteiger partial charge in [0.15, 0.2) is 5.78 Å². The number of carbonyl (C=O) groups excluding carboxylic acids is 2. The standard InChI is InChI=1S/C15H14O6/c16-7-1-2-8(17)12-11(7)9(18)5-14-4-3-10(19)15(12,14)6-21-13(14)20/h1-2,10,16-17,19H,3-6H2/t10-,14-,15+/m1/s1. The van der Waals surface area contributed by atoms with E-state index in [4.69, 9.17) is 4.74 Å². The number of aromatic hydroxyl groups is 2. The van der Waals surface area contributed by atoms with E-state index in [1.807, 2.05) is 0 Å². The molecule has 0 radical (unpaired) electrons. The van der Waals surface area contributed by atoms with Crippen LogP contribution in [0.15, 0.2) is 12.1 Å². The summed E-state index contributed by atoms with van der Waals surface area (Å²) < 4.78 is 5.17. The van der Waals surface area contributed by atoms with Gasteiger partial charge < -0.3 is 20.1 Å². The molecule has 3 atom stereocenters. The second-order valence-corrected chi connectivity index (χ2v) is 6.14. The van der Waals surface area contributed by atoms with Crippen LogP contribution in [0.3, 0.4) is 0 Å². The lowest BCUT2D eigenvalue weighted by atomic mass is 9.56. The number of carbonyl (C=O) groups is 2. The van der Waals surface area contributed by atoms with Crippen molar-refractivity contribution in [3.05, 3.63) is 23.3 Å². The summed E-state index contributed by atoms with van der Waals surface area (Å²) in [5, 5.41) is 30.8. The van der Waals surface area contributed by atoms with Crippen molar-refractivity contribution in [1.29, 1.82) is 0 Å². The Hall–Kier alpha value is -2.08. The smallest absolute Gasteiger partial charge is 0.313 e. The van der Waals surface area contributed by atoms with Gasteiger partial charge in [0.05, 0.1) is 22.5 Å². The van der Waals surface area contributed by atoms with Gasteiger partial charge in [-0.1, -0.05) is 0 Å². The van der Waals surface area contributed by atoms with Crippen LogP contribution in [0.25, 0.3) is 0 Å². The minimum atomic E-state index is -1.14. The van der Waals surface area contributed by atoms with E-state index in [1.165, 1.54) is 12.1 Å². The van der Waals surface area contributed by atoms with Gasteiger partial charge in [-0.05, 0) is 25.0 Å². The van der Waals surface area contributed by atoms with Gasteiger partial charge in [0, 0.05) is 12.0 Å². The molecular formula is C15H14O6. The molecule has 3 N–H and O–H groups in total. The molecule has 110 valence electrons. The monoisotopic (exact) mass is 290 g/mol. The van der Waals surface area contributed by atoms with Crippen molar-refractivity contribution in [3.63, 3.8) is 0 Å². The fourth-order valence-corrected chi connectivity index (χ4v) is 4.48. The van der Waals surface area contributed by atoms with Crippen LogP contribution >= 0.6 is 0 Å². The Kier molecular flexibility index (Phi) is 2.15. The van der Waals surface area contributed by atoms with E-state index in [1.54, 1.807) is 0 Å². The number of ketones is 1. The minimum absolute atomic E-state index is 0.00451. The molecule has 1 aliphatic heterocycles. The highest BCUT2D eigenvalue weighted by molar-refractivity contribution is 6.07. The third-order valence-corrected chi connectivity index (χ3v) is 5.44. The lowest BCUT2D eigenvalue weighted by molar-refractivity contribution is -0.146. The lowest BCUT2D eigenvalue weighted by Crippen LogP contribution is -2.53. The fourth-order valence-electron chi connectivity index (χ4n) is 4.48. The highest BCUT2D eigenvalue weighted by atomic mass is 16.5. The number of aliphatic hydroxyl groups excluding tert-OH is 1. The third kappa shape index (κ3) is 1.15. The van der Waals surface area contributed by atoms with Crippen molar-refractivity contribution in [2.45, 2.75) is 30.8 Å². The topological polar surface area (TPSA) is 104 Å². The molecule has 1 aromatic carbocycles. The first-order valence-electron chi connectivity index (χ1n) is 6.88. The zero-order chi connectivity index (χ0) is 15.0. The van der Waals surface area contributed by atoms with E-state index in [2.05, 4.69) is 0 Å². The SMILES string of the molecule is O=C1C[C@@]23CC[C@@H](O)[C@@]2(COC3=O)c2c(O)ccc(O)c21. The fraction of sp³-hybridized carbons (Fsp3) is 0.467. The van der Waals surface area contributed by atoms with Gasteiger partial charge >= 0.3 is 5.97 Å². The third-order valence-electron chi connectivity index (χ3n) is 5.44. The molecule has 0 bridgehead atoms. The summed E-state index contributed by atoms with van der Waals surface area (Å²) in [5.41, 5.74) is -2.10. The minimum Gasteiger partial charge on any atom is -0.508 e. The van der Waals surface area contributed by atoms with Crippen LogP contribution in [0.5, 0.6) is 11.5 Å². The second kappa shape index (κ2) is 3.57. The van der Waals surface area contributed by atoms with Crippen molar-refractivity contribution < 1.29 is 29.6 Å². The number of phenols is 2. The number of phenolic OH excluding ortho intramolecular Hbond substituents is 2.